The van der Waals surface area contributed by atoms with Crippen molar-refractivity contribution in [3.8, 4) is 0 Å². The van der Waals surface area contributed by atoms with E-state index in [0.717, 1.165) is 5.92 Å². The topological polar surface area (TPSA) is 9.23 Å². The molecule has 0 unspecified atom stereocenters. The molecular formula is C18H36O. The van der Waals surface area contributed by atoms with Gasteiger partial charge in [0.2, 0.25) is 0 Å². The molecule has 0 radical (unpaired) electrons. The molecule has 1 nitrogen and oxygen atoms in total. The highest BCUT2D eigenvalue weighted by Gasteiger charge is 2.34. The highest BCUT2D eigenvalue weighted by Crippen LogP contribution is 2.43. The molecule has 0 N–H and O–H groups in total. The summed E-state index contributed by atoms with van der Waals surface area (Å²) >= 11 is 0. The van der Waals surface area contributed by atoms with E-state index < -0.39 is 0 Å². The fourth-order valence-electron chi connectivity index (χ4n) is 3.27. The SMILES string of the molecule is CC(C)OC1CCC(C(C)(C)CCC(C)(C)C)CC1. The first-order valence-corrected chi connectivity index (χ1v) is 8.25. The summed E-state index contributed by atoms with van der Waals surface area (Å²) in [6, 6.07) is 0. The Hall–Kier alpha value is -0.0400. The summed E-state index contributed by atoms with van der Waals surface area (Å²) < 4.78 is 5.97. The molecule has 19 heavy (non-hydrogen) atoms. The standard InChI is InChI=1S/C18H36O/c1-14(2)19-16-10-8-15(9-11-16)18(6,7)13-12-17(3,4)5/h14-16H,8-13H2,1-7H3. The van der Waals surface area contributed by atoms with Gasteiger partial charge in [-0.05, 0) is 69.1 Å². The Labute approximate surface area is 121 Å². The van der Waals surface area contributed by atoms with E-state index in [1.54, 1.807) is 0 Å². The fourth-order valence-corrected chi connectivity index (χ4v) is 3.27. The largest absolute Gasteiger partial charge is 0.376 e. The number of hydrogen-bond acceptors (Lipinski definition) is 1. The maximum atomic E-state index is 5.97. The second-order valence-electron chi connectivity index (χ2n) is 8.71. The first-order chi connectivity index (χ1) is 8.60. The Morgan fingerprint density at radius 1 is 0.895 bits per heavy atom. The lowest BCUT2D eigenvalue weighted by atomic mass is 9.67. The third-order valence-corrected chi connectivity index (χ3v) is 4.76. The molecule has 0 aliphatic heterocycles. The molecule has 0 bridgehead atoms. The van der Waals surface area contributed by atoms with Crippen LogP contribution in [-0.4, -0.2) is 12.2 Å². The molecule has 0 aromatic carbocycles. The predicted molar refractivity (Wildman–Crippen MR) is 84.4 cm³/mol. The van der Waals surface area contributed by atoms with Crippen molar-refractivity contribution in [2.75, 3.05) is 0 Å². The van der Waals surface area contributed by atoms with Gasteiger partial charge in [0.15, 0.2) is 0 Å². The molecule has 0 atom stereocenters. The van der Waals surface area contributed by atoms with E-state index in [9.17, 15) is 0 Å². The first-order valence-electron chi connectivity index (χ1n) is 8.25. The Kier molecular flexibility index (Phi) is 5.92. The van der Waals surface area contributed by atoms with Gasteiger partial charge in [-0.1, -0.05) is 34.6 Å². The highest BCUT2D eigenvalue weighted by molar-refractivity contribution is 4.85. The van der Waals surface area contributed by atoms with Crippen LogP contribution in [-0.2, 0) is 4.74 Å². The van der Waals surface area contributed by atoms with Crippen molar-refractivity contribution in [1.29, 1.82) is 0 Å². The van der Waals surface area contributed by atoms with Crippen LogP contribution in [0.25, 0.3) is 0 Å². The zero-order valence-electron chi connectivity index (χ0n) is 14.4. The minimum atomic E-state index is 0.385. The number of ether oxygens (including phenoxy) is 1. The van der Waals surface area contributed by atoms with Gasteiger partial charge in [-0.3, -0.25) is 0 Å². The van der Waals surface area contributed by atoms with Crippen molar-refractivity contribution in [1.82, 2.24) is 0 Å². The highest BCUT2D eigenvalue weighted by atomic mass is 16.5. The zero-order valence-corrected chi connectivity index (χ0v) is 14.4. The van der Waals surface area contributed by atoms with Crippen LogP contribution < -0.4 is 0 Å². The van der Waals surface area contributed by atoms with Crippen LogP contribution in [0.15, 0.2) is 0 Å². The van der Waals surface area contributed by atoms with Gasteiger partial charge < -0.3 is 4.74 Å². The average Bonchev–Trinajstić information content (AvgIpc) is 2.26. The van der Waals surface area contributed by atoms with Gasteiger partial charge in [-0.15, -0.1) is 0 Å². The summed E-state index contributed by atoms with van der Waals surface area (Å²) in [6.07, 6.45) is 8.84. The molecule has 0 aromatic heterocycles. The summed E-state index contributed by atoms with van der Waals surface area (Å²) in [6.45, 7) is 16.3. The van der Waals surface area contributed by atoms with Crippen LogP contribution in [0.3, 0.4) is 0 Å². The third kappa shape index (κ3) is 6.29. The van der Waals surface area contributed by atoms with E-state index in [4.69, 9.17) is 4.74 Å². The van der Waals surface area contributed by atoms with Crippen molar-refractivity contribution in [2.24, 2.45) is 16.7 Å². The number of hydrogen-bond donors (Lipinski definition) is 0. The minimum Gasteiger partial charge on any atom is -0.376 e. The van der Waals surface area contributed by atoms with E-state index >= 15 is 0 Å². The second kappa shape index (κ2) is 6.61. The van der Waals surface area contributed by atoms with E-state index in [0.29, 0.717) is 23.0 Å². The maximum absolute atomic E-state index is 5.97. The Balaban J connectivity index is 2.40. The summed E-state index contributed by atoms with van der Waals surface area (Å²) in [5, 5.41) is 0. The molecule has 114 valence electrons. The van der Waals surface area contributed by atoms with Crippen LogP contribution >= 0.6 is 0 Å². The van der Waals surface area contributed by atoms with Gasteiger partial charge in [-0.2, -0.15) is 0 Å². The van der Waals surface area contributed by atoms with Crippen LogP contribution in [0.5, 0.6) is 0 Å². The summed E-state index contributed by atoms with van der Waals surface area (Å²) in [5.74, 6) is 0.891. The smallest absolute Gasteiger partial charge is 0.0578 e. The Morgan fingerprint density at radius 3 is 1.84 bits per heavy atom. The predicted octanol–water partition coefficient (Wildman–Crippen LogP) is 5.82. The second-order valence-corrected chi connectivity index (χ2v) is 8.71. The van der Waals surface area contributed by atoms with Crippen LogP contribution in [0.4, 0.5) is 0 Å². The lowest BCUT2D eigenvalue weighted by Crippen LogP contribution is -2.32. The van der Waals surface area contributed by atoms with Crippen molar-refractivity contribution in [3.05, 3.63) is 0 Å². The molecule has 0 heterocycles. The van der Waals surface area contributed by atoms with Gasteiger partial charge in [-0.25, -0.2) is 0 Å². The van der Waals surface area contributed by atoms with Gasteiger partial charge in [0.05, 0.1) is 12.2 Å². The molecule has 1 rings (SSSR count). The average molecular weight is 268 g/mol. The molecule has 1 aliphatic rings. The quantitative estimate of drug-likeness (QED) is 0.610. The monoisotopic (exact) mass is 268 g/mol. The molecule has 1 heteroatoms. The summed E-state index contributed by atoms with van der Waals surface area (Å²) in [7, 11) is 0. The van der Waals surface area contributed by atoms with Crippen LogP contribution in [0, 0.1) is 16.7 Å². The van der Waals surface area contributed by atoms with E-state index in [-0.39, 0.29) is 0 Å². The lowest BCUT2D eigenvalue weighted by molar-refractivity contribution is -0.0325. The fraction of sp³-hybridized carbons (Fsp3) is 1.00. The maximum Gasteiger partial charge on any atom is 0.0578 e. The summed E-state index contributed by atoms with van der Waals surface area (Å²) in [4.78, 5) is 0. The number of rotatable bonds is 5. The van der Waals surface area contributed by atoms with Gasteiger partial charge in [0.1, 0.15) is 0 Å². The normalized spacial score (nSPS) is 25.9. The minimum absolute atomic E-state index is 0.385. The Bertz CT molecular complexity index is 251. The van der Waals surface area contributed by atoms with Crippen molar-refractivity contribution < 1.29 is 4.74 Å². The van der Waals surface area contributed by atoms with Crippen molar-refractivity contribution in [2.45, 2.75) is 99.2 Å². The van der Waals surface area contributed by atoms with E-state index in [2.05, 4.69) is 48.5 Å². The van der Waals surface area contributed by atoms with E-state index in [1.807, 2.05) is 0 Å². The molecule has 0 spiro atoms. The Morgan fingerprint density at radius 2 is 1.42 bits per heavy atom. The first kappa shape index (κ1) is 17.0. The molecule has 1 aliphatic carbocycles. The van der Waals surface area contributed by atoms with Gasteiger partial charge in [0, 0.05) is 0 Å². The van der Waals surface area contributed by atoms with Crippen molar-refractivity contribution in [3.63, 3.8) is 0 Å². The molecular weight excluding hydrogens is 232 g/mol. The third-order valence-electron chi connectivity index (χ3n) is 4.76. The van der Waals surface area contributed by atoms with Crippen LogP contribution in [0.2, 0.25) is 0 Å². The van der Waals surface area contributed by atoms with Gasteiger partial charge >= 0.3 is 0 Å². The van der Waals surface area contributed by atoms with E-state index in [1.165, 1.54) is 38.5 Å². The molecule has 0 saturated heterocycles. The summed E-state index contributed by atoms with van der Waals surface area (Å²) in [5.41, 5.74) is 0.964. The van der Waals surface area contributed by atoms with Gasteiger partial charge in [0.25, 0.3) is 0 Å². The molecule has 1 fully saturated rings. The molecule has 0 amide bonds. The van der Waals surface area contributed by atoms with Crippen LogP contribution in [0.1, 0.15) is 87.0 Å². The van der Waals surface area contributed by atoms with Crippen molar-refractivity contribution >= 4 is 0 Å². The lowest BCUT2D eigenvalue weighted by Gasteiger charge is -2.41. The zero-order chi connectivity index (χ0) is 14.7. The molecule has 1 saturated carbocycles. The molecule has 0 aromatic rings.